The second kappa shape index (κ2) is 59.8. The number of hydrogen-bond acceptors (Lipinski definition) is 15. The average molecular weight is 1310 g/mol. The zero-order valence-electron chi connectivity index (χ0n) is 58.1. The number of ether oxygens (including phenoxy) is 4. The molecule has 0 aromatic heterocycles. The van der Waals surface area contributed by atoms with Gasteiger partial charge in [0.25, 0.3) is 0 Å². The molecule has 17 nitrogen and oxygen atoms in total. The van der Waals surface area contributed by atoms with E-state index in [1.54, 1.807) is 0 Å². The smallest absolute Gasteiger partial charge is 0.462 e. The minimum absolute atomic E-state index is 0.105. The van der Waals surface area contributed by atoms with Crippen molar-refractivity contribution in [1.29, 1.82) is 0 Å². The van der Waals surface area contributed by atoms with Gasteiger partial charge in [0, 0.05) is 25.7 Å². The van der Waals surface area contributed by atoms with Crippen LogP contribution < -0.4 is 0 Å². The van der Waals surface area contributed by atoms with Gasteiger partial charge in [0.1, 0.15) is 19.3 Å². The highest BCUT2D eigenvalue weighted by Crippen LogP contribution is 2.45. The third-order valence-electron chi connectivity index (χ3n) is 16.4. The fourth-order valence-corrected chi connectivity index (χ4v) is 12.0. The first kappa shape index (κ1) is 87.1. The Morgan fingerprint density at radius 2 is 0.539 bits per heavy atom. The van der Waals surface area contributed by atoms with Gasteiger partial charge in [0.2, 0.25) is 0 Å². The van der Waals surface area contributed by atoms with Crippen molar-refractivity contribution in [1.82, 2.24) is 0 Å². The molecule has 4 unspecified atom stereocenters. The first-order valence-electron chi connectivity index (χ1n) is 36.2. The molecular formula is C70H136O17P2. The molecule has 528 valence electrons. The number of carbonyl (C=O) groups excluding carboxylic acids is 4. The van der Waals surface area contributed by atoms with E-state index in [-0.39, 0.29) is 25.7 Å². The lowest BCUT2D eigenvalue weighted by Crippen LogP contribution is -2.30. The highest BCUT2D eigenvalue weighted by atomic mass is 31.2. The summed E-state index contributed by atoms with van der Waals surface area (Å²) in [4.78, 5) is 72.5. The van der Waals surface area contributed by atoms with Gasteiger partial charge in [0.05, 0.1) is 26.4 Å². The van der Waals surface area contributed by atoms with Gasteiger partial charge in [-0.2, -0.15) is 0 Å². The van der Waals surface area contributed by atoms with Crippen LogP contribution in [0.15, 0.2) is 0 Å². The summed E-state index contributed by atoms with van der Waals surface area (Å²) in [6.45, 7) is 14.1. The van der Waals surface area contributed by atoms with E-state index in [0.29, 0.717) is 37.5 Å². The van der Waals surface area contributed by atoms with Crippen LogP contribution in [0.2, 0.25) is 0 Å². The fraction of sp³-hybridized carbons (Fsp3) is 0.943. The first-order valence-corrected chi connectivity index (χ1v) is 39.2. The van der Waals surface area contributed by atoms with E-state index < -0.39 is 97.5 Å². The normalized spacial score (nSPS) is 14.6. The van der Waals surface area contributed by atoms with Gasteiger partial charge in [-0.25, -0.2) is 9.13 Å². The zero-order valence-corrected chi connectivity index (χ0v) is 59.8. The first-order chi connectivity index (χ1) is 42.6. The zero-order chi connectivity index (χ0) is 66.1. The summed E-state index contributed by atoms with van der Waals surface area (Å²) in [5, 5.41) is 10.6. The van der Waals surface area contributed by atoms with Crippen LogP contribution in [0.5, 0.6) is 0 Å². The van der Waals surface area contributed by atoms with Crippen molar-refractivity contribution in [3.8, 4) is 0 Å². The third kappa shape index (κ3) is 63.2. The van der Waals surface area contributed by atoms with Crippen molar-refractivity contribution in [2.24, 2.45) is 23.7 Å². The molecule has 0 aliphatic heterocycles. The Morgan fingerprint density at radius 1 is 0.315 bits per heavy atom. The highest BCUT2D eigenvalue weighted by Gasteiger charge is 2.30. The molecule has 0 fully saturated rings. The molecule has 0 saturated heterocycles. The summed E-state index contributed by atoms with van der Waals surface area (Å²) in [5.41, 5.74) is 0. The molecule has 0 aromatic carbocycles. The standard InChI is InChI=1S/C70H136O17P2/c1-9-63(8)49-41-33-24-18-15-16-20-26-37-45-53-70(75)87-66(57-81-68(73)51-43-35-29-28-32-40-48-62(6)7)59-85-89(78,79)83-55-64(71)54-82-88(76,77)84-58-65(56-80-67(72)50-42-34-27-21-23-31-39-47-61(4)5)86-69(74)52-44-36-25-19-14-12-10-11-13-17-22-30-38-46-60(2)3/h60-66,71H,9-59H2,1-8H3,(H,76,77)(H,78,79)/t63?,64?,65-,66-/m1/s1. The van der Waals surface area contributed by atoms with Crippen LogP contribution in [-0.2, 0) is 65.4 Å². The van der Waals surface area contributed by atoms with E-state index in [9.17, 15) is 43.2 Å². The molecule has 3 N–H and O–H groups in total. The summed E-state index contributed by atoms with van der Waals surface area (Å²) in [7, 11) is -9.90. The van der Waals surface area contributed by atoms with Gasteiger partial charge in [-0.05, 0) is 49.4 Å². The molecule has 0 bridgehead atoms. The topological polar surface area (TPSA) is 237 Å². The predicted octanol–water partition coefficient (Wildman–Crippen LogP) is 19.7. The number of esters is 4. The molecule has 0 radical (unpaired) electrons. The summed E-state index contributed by atoms with van der Waals surface area (Å²) < 4.78 is 68.2. The van der Waals surface area contributed by atoms with Gasteiger partial charge in [0.15, 0.2) is 12.2 Å². The van der Waals surface area contributed by atoms with Crippen molar-refractivity contribution in [2.45, 2.75) is 363 Å². The van der Waals surface area contributed by atoms with E-state index in [4.69, 9.17) is 37.0 Å². The van der Waals surface area contributed by atoms with E-state index in [1.165, 1.54) is 135 Å². The number of carbonyl (C=O) groups is 4. The molecule has 0 rings (SSSR count). The van der Waals surface area contributed by atoms with Crippen molar-refractivity contribution in [2.75, 3.05) is 39.6 Å². The molecule has 0 aliphatic rings. The molecule has 6 atom stereocenters. The lowest BCUT2D eigenvalue weighted by molar-refractivity contribution is -0.161. The van der Waals surface area contributed by atoms with Gasteiger partial charge in [-0.1, -0.05) is 293 Å². The van der Waals surface area contributed by atoms with Crippen molar-refractivity contribution >= 4 is 39.5 Å². The number of aliphatic hydroxyl groups is 1. The molecule has 0 amide bonds. The molecule has 0 aliphatic carbocycles. The molecular weight excluding hydrogens is 1170 g/mol. The average Bonchev–Trinajstić information content (AvgIpc) is 3.70. The van der Waals surface area contributed by atoms with Crippen molar-refractivity contribution in [3.05, 3.63) is 0 Å². The Hall–Kier alpha value is -1.94. The number of phosphoric acid groups is 2. The predicted molar refractivity (Wildman–Crippen MR) is 358 cm³/mol. The van der Waals surface area contributed by atoms with Gasteiger partial charge >= 0.3 is 39.5 Å². The van der Waals surface area contributed by atoms with E-state index >= 15 is 0 Å². The molecule has 19 heteroatoms. The van der Waals surface area contributed by atoms with Gasteiger partial charge < -0.3 is 33.8 Å². The summed E-state index contributed by atoms with van der Waals surface area (Å²) in [5.74, 6) is 0.842. The number of hydrogen-bond donors (Lipinski definition) is 3. The molecule has 0 aromatic rings. The molecule has 0 spiro atoms. The van der Waals surface area contributed by atoms with Crippen LogP contribution in [0.1, 0.15) is 344 Å². The maximum atomic E-state index is 13.0. The maximum absolute atomic E-state index is 13.0. The Kier molecular flexibility index (Phi) is 58.5. The third-order valence-corrected chi connectivity index (χ3v) is 18.3. The summed E-state index contributed by atoms with van der Waals surface area (Å²) in [6.07, 6.45) is 41.8. The molecule has 0 heterocycles. The molecule has 0 saturated carbocycles. The Morgan fingerprint density at radius 3 is 0.798 bits per heavy atom. The number of phosphoric ester groups is 2. The second-order valence-electron chi connectivity index (χ2n) is 26.9. The number of unbranched alkanes of at least 4 members (excludes halogenated alkanes) is 32. The van der Waals surface area contributed by atoms with Crippen LogP contribution in [0, 0.1) is 23.7 Å². The number of aliphatic hydroxyl groups excluding tert-OH is 1. The Balaban J connectivity index is 5.23. The lowest BCUT2D eigenvalue weighted by Gasteiger charge is -2.21. The van der Waals surface area contributed by atoms with E-state index in [2.05, 4.69) is 55.4 Å². The SMILES string of the molecule is CCC(C)CCCCCCCCCCCCC(=O)O[C@H](COC(=O)CCCCCCCCC(C)C)COP(=O)(O)OCC(O)COP(=O)(O)OC[C@@H](COC(=O)CCCCCCCCCC(C)C)OC(=O)CCCCCCCCCCCCCCCC(C)C. The minimum atomic E-state index is -4.95. The van der Waals surface area contributed by atoms with Crippen LogP contribution in [0.4, 0.5) is 0 Å². The summed E-state index contributed by atoms with van der Waals surface area (Å²) in [6, 6.07) is 0. The summed E-state index contributed by atoms with van der Waals surface area (Å²) >= 11 is 0. The quantitative estimate of drug-likeness (QED) is 0.0222. The van der Waals surface area contributed by atoms with Crippen LogP contribution >= 0.6 is 15.6 Å². The fourth-order valence-electron chi connectivity index (χ4n) is 10.5. The highest BCUT2D eigenvalue weighted by molar-refractivity contribution is 7.47. The second-order valence-corrected chi connectivity index (χ2v) is 29.8. The van der Waals surface area contributed by atoms with Crippen LogP contribution in [0.3, 0.4) is 0 Å². The van der Waals surface area contributed by atoms with Gasteiger partial charge in [-0.15, -0.1) is 0 Å². The maximum Gasteiger partial charge on any atom is 0.472 e. The number of rotatable bonds is 67. The van der Waals surface area contributed by atoms with Crippen molar-refractivity contribution in [3.63, 3.8) is 0 Å². The van der Waals surface area contributed by atoms with Gasteiger partial charge in [-0.3, -0.25) is 37.3 Å². The Bertz CT molecular complexity index is 1770. The van der Waals surface area contributed by atoms with Crippen LogP contribution in [0.25, 0.3) is 0 Å². The largest absolute Gasteiger partial charge is 0.472 e. The minimum Gasteiger partial charge on any atom is -0.462 e. The molecule has 89 heavy (non-hydrogen) atoms. The van der Waals surface area contributed by atoms with E-state index in [0.717, 1.165) is 115 Å². The monoisotopic (exact) mass is 1310 g/mol. The van der Waals surface area contributed by atoms with Crippen molar-refractivity contribution < 1.29 is 80.2 Å². The van der Waals surface area contributed by atoms with Crippen LogP contribution in [-0.4, -0.2) is 96.7 Å². The van der Waals surface area contributed by atoms with E-state index in [1.807, 2.05) is 0 Å². The lowest BCUT2D eigenvalue weighted by atomic mass is 9.99. The Labute approximate surface area is 543 Å².